The molecule has 2 rings (SSSR count). The Kier molecular flexibility index (Phi) is 5.83. The molecular weight excluding hydrogens is 360 g/mol. The van der Waals surface area contributed by atoms with Gasteiger partial charge in [-0.2, -0.15) is 18.4 Å². The zero-order valence-corrected chi connectivity index (χ0v) is 15.2. The van der Waals surface area contributed by atoms with Gasteiger partial charge in [0.15, 0.2) is 0 Å². The molecule has 0 bridgehead atoms. The lowest BCUT2D eigenvalue weighted by molar-refractivity contribution is 0.0696. The maximum absolute atomic E-state index is 12.5. The molecule has 26 heavy (non-hydrogen) atoms. The Labute approximate surface area is 151 Å². The summed E-state index contributed by atoms with van der Waals surface area (Å²) in [7, 11) is -1.24. The quantitative estimate of drug-likeness (QED) is 0.563. The van der Waals surface area contributed by atoms with Crippen molar-refractivity contribution in [1.29, 1.82) is 0 Å². The van der Waals surface area contributed by atoms with E-state index in [2.05, 4.69) is 9.93 Å². The minimum absolute atomic E-state index is 0.0231. The van der Waals surface area contributed by atoms with Crippen molar-refractivity contribution in [2.45, 2.75) is 11.8 Å². The van der Waals surface area contributed by atoms with E-state index < -0.39 is 16.0 Å². The zero-order chi connectivity index (χ0) is 19.3. The number of sulfonamides is 1. The maximum atomic E-state index is 12.5. The van der Waals surface area contributed by atoms with E-state index in [9.17, 15) is 18.3 Å². The van der Waals surface area contributed by atoms with Gasteiger partial charge in [-0.3, -0.25) is 0 Å². The molecule has 9 heteroatoms. The molecule has 0 aliphatic rings. The van der Waals surface area contributed by atoms with Crippen molar-refractivity contribution in [3.05, 3.63) is 53.6 Å². The molecule has 8 nitrogen and oxygen atoms in total. The third kappa shape index (κ3) is 4.12. The second-order valence-electron chi connectivity index (χ2n) is 5.16. The molecule has 0 aliphatic carbocycles. The van der Waals surface area contributed by atoms with Crippen LogP contribution in [0.5, 0.6) is 11.5 Å². The summed E-state index contributed by atoms with van der Waals surface area (Å²) < 4.78 is 35.1. The van der Waals surface area contributed by atoms with Crippen LogP contribution in [-0.4, -0.2) is 39.4 Å². The Morgan fingerprint density at radius 1 is 1.08 bits per heavy atom. The van der Waals surface area contributed by atoms with Gasteiger partial charge in [0.1, 0.15) is 16.4 Å². The molecule has 2 N–H and O–H groups in total. The Morgan fingerprint density at radius 3 is 2.31 bits per heavy atom. The highest BCUT2D eigenvalue weighted by molar-refractivity contribution is 7.89. The fourth-order valence-electron chi connectivity index (χ4n) is 2.22. The molecule has 0 radical (unpaired) electrons. The number of ether oxygens (including phenoxy) is 2. The van der Waals surface area contributed by atoms with E-state index in [0.29, 0.717) is 11.3 Å². The number of benzene rings is 2. The highest BCUT2D eigenvalue weighted by atomic mass is 32.2. The molecule has 0 spiro atoms. The van der Waals surface area contributed by atoms with Crippen LogP contribution in [0, 0.1) is 0 Å². The number of aromatic carboxylic acids is 1. The van der Waals surface area contributed by atoms with Crippen LogP contribution in [0.3, 0.4) is 0 Å². The van der Waals surface area contributed by atoms with Crippen LogP contribution in [0.25, 0.3) is 0 Å². The van der Waals surface area contributed by atoms with Crippen molar-refractivity contribution < 1.29 is 27.8 Å². The van der Waals surface area contributed by atoms with E-state index >= 15 is 0 Å². The van der Waals surface area contributed by atoms with Gasteiger partial charge >= 0.3 is 5.97 Å². The summed E-state index contributed by atoms with van der Waals surface area (Å²) >= 11 is 0. The van der Waals surface area contributed by atoms with E-state index in [1.54, 1.807) is 18.2 Å². The third-order valence-electron chi connectivity index (χ3n) is 3.54. The predicted molar refractivity (Wildman–Crippen MR) is 95.5 cm³/mol. The molecule has 0 atom stereocenters. The van der Waals surface area contributed by atoms with Gasteiger partial charge in [0, 0.05) is 11.6 Å². The Hall–Kier alpha value is -3.07. The molecule has 0 saturated heterocycles. The van der Waals surface area contributed by atoms with Crippen LogP contribution < -0.4 is 14.3 Å². The largest absolute Gasteiger partial charge is 0.497 e. The molecule has 2 aromatic rings. The van der Waals surface area contributed by atoms with Crippen molar-refractivity contribution in [2.24, 2.45) is 5.10 Å². The highest BCUT2D eigenvalue weighted by Crippen LogP contribution is 2.28. The van der Waals surface area contributed by atoms with Gasteiger partial charge < -0.3 is 14.6 Å². The lowest BCUT2D eigenvalue weighted by Crippen LogP contribution is -2.21. The van der Waals surface area contributed by atoms with Gasteiger partial charge in [0.05, 0.1) is 25.5 Å². The number of rotatable bonds is 7. The summed E-state index contributed by atoms with van der Waals surface area (Å²) in [5.74, 6) is -0.596. The maximum Gasteiger partial charge on any atom is 0.336 e. The van der Waals surface area contributed by atoms with Crippen molar-refractivity contribution >= 4 is 21.7 Å². The number of hydrazone groups is 1. The second kappa shape index (κ2) is 7.87. The standard InChI is InChI=1S/C17H18N2O6S/c1-11(13-6-4-5-7-14(13)17(20)21)18-19-26(22,23)16-9-8-12(24-2)10-15(16)25-3/h4-10,19H,1-3H3,(H,20,21). The number of hydrogen-bond donors (Lipinski definition) is 2. The van der Waals surface area contributed by atoms with Crippen molar-refractivity contribution in [3.63, 3.8) is 0 Å². The molecule has 0 heterocycles. The van der Waals surface area contributed by atoms with Crippen LogP contribution >= 0.6 is 0 Å². The number of nitrogens with one attached hydrogen (secondary N) is 1. The monoisotopic (exact) mass is 378 g/mol. The lowest BCUT2D eigenvalue weighted by atomic mass is 10.0. The van der Waals surface area contributed by atoms with Crippen LogP contribution in [0.1, 0.15) is 22.8 Å². The topological polar surface area (TPSA) is 114 Å². The van der Waals surface area contributed by atoms with Gasteiger partial charge in [0.25, 0.3) is 10.0 Å². The summed E-state index contributed by atoms with van der Waals surface area (Å²) in [5, 5.41) is 13.0. The lowest BCUT2D eigenvalue weighted by Gasteiger charge is -2.11. The molecular formula is C17H18N2O6S. The zero-order valence-electron chi connectivity index (χ0n) is 14.4. The van der Waals surface area contributed by atoms with Crippen LogP contribution in [0.2, 0.25) is 0 Å². The number of carboxylic acids is 1. The highest BCUT2D eigenvalue weighted by Gasteiger charge is 2.20. The molecule has 0 unspecified atom stereocenters. The molecule has 0 amide bonds. The SMILES string of the molecule is COc1ccc(S(=O)(=O)NN=C(C)c2ccccc2C(=O)O)c(OC)c1. The van der Waals surface area contributed by atoms with Gasteiger partial charge in [-0.25, -0.2) is 4.79 Å². The first-order valence-corrected chi connectivity index (χ1v) is 8.89. The molecule has 0 aromatic heterocycles. The molecule has 0 fully saturated rings. The van der Waals surface area contributed by atoms with E-state index in [-0.39, 0.29) is 21.9 Å². The van der Waals surface area contributed by atoms with Crippen molar-refractivity contribution in [1.82, 2.24) is 4.83 Å². The minimum Gasteiger partial charge on any atom is -0.497 e. The Balaban J connectivity index is 2.36. The van der Waals surface area contributed by atoms with Gasteiger partial charge in [0.2, 0.25) is 0 Å². The van der Waals surface area contributed by atoms with E-state index in [1.807, 2.05) is 0 Å². The molecule has 138 valence electrons. The molecule has 2 aromatic carbocycles. The van der Waals surface area contributed by atoms with Crippen LogP contribution in [-0.2, 0) is 10.0 Å². The third-order valence-corrected chi connectivity index (χ3v) is 4.79. The number of methoxy groups -OCH3 is 2. The Morgan fingerprint density at radius 2 is 1.73 bits per heavy atom. The van der Waals surface area contributed by atoms with Gasteiger partial charge in [-0.1, -0.05) is 18.2 Å². The van der Waals surface area contributed by atoms with Crippen LogP contribution in [0.4, 0.5) is 0 Å². The average Bonchev–Trinajstić information content (AvgIpc) is 2.65. The Bertz CT molecular complexity index is 953. The van der Waals surface area contributed by atoms with Crippen molar-refractivity contribution in [2.75, 3.05) is 14.2 Å². The number of hydrogen-bond acceptors (Lipinski definition) is 6. The normalized spacial score (nSPS) is 11.7. The summed E-state index contributed by atoms with van der Waals surface area (Å²) in [6.07, 6.45) is 0. The summed E-state index contributed by atoms with van der Waals surface area (Å²) in [4.78, 5) is 13.2. The fourth-order valence-corrected chi connectivity index (χ4v) is 3.23. The first-order chi connectivity index (χ1) is 12.3. The van der Waals surface area contributed by atoms with E-state index in [0.717, 1.165) is 0 Å². The molecule has 0 aliphatic heterocycles. The summed E-state index contributed by atoms with van der Waals surface area (Å²) in [6.45, 7) is 1.51. The van der Waals surface area contributed by atoms with E-state index in [4.69, 9.17) is 9.47 Å². The fraction of sp³-hybridized carbons (Fsp3) is 0.176. The van der Waals surface area contributed by atoms with Crippen molar-refractivity contribution in [3.8, 4) is 11.5 Å². The summed E-state index contributed by atoms with van der Waals surface area (Å²) in [6, 6.07) is 10.4. The van der Waals surface area contributed by atoms with E-state index in [1.165, 1.54) is 45.4 Å². The average molecular weight is 378 g/mol. The predicted octanol–water partition coefficient (Wildman–Crippen LogP) is 2.10. The smallest absolute Gasteiger partial charge is 0.336 e. The summed E-state index contributed by atoms with van der Waals surface area (Å²) in [5.41, 5.74) is 0.540. The van der Waals surface area contributed by atoms with Crippen LogP contribution in [0.15, 0.2) is 52.5 Å². The number of carbonyl (C=O) groups is 1. The first-order valence-electron chi connectivity index (χ1n) is 7.41. The first kappa shape index (κ1) is 19.3. The number of nitrogens with zero attached hydrogens (tertiary/aromatic N) is 1. The van der Waals surface area contributed by atoms with Gasteiger partial charge in [-0.05, 0) is 25.1 Å². The van der Waals surface area contributed by atoms with Gasteiger partial charge in [-0.15, -0.1) is 0 Å². The number of carboxylic acid groups (broad SMARTS) is 1. The second-order valence-corrected chi connectivity index (χ2v) is 6.79. The minimum atomic E-state index is -4.03. The molecule has 0 saturated carbocycles.